The average molecular weight is 367 g/mol. The molecule has 0 radical (unpaired) electrons. The third-order valence-corrected chi connectivity index (χ3v) is 5.17. The molecule has 0 fully saturated rings. The number of carbonyl (C=O) groups is 1. The van der Waals surface area contributed by atoms with E-state index < -0.39 is 0 Å². The van der Waals surface area contributed by atoms with Gasteiger partial charge in [0.2, 0.25) is 0 Å². The Labute approximate surface area is 153 Å². The van der Waals surface area contributed by atoms with Crippen LogP contribution < -0.4 is 10.1 Å². The first-order valence-electron chi connectivity index (χ1n) is 8.05. The smallest absolute Gasteiger partial charge is 0.259 e. The van der Waals surface area contributed by atoms with E-state index >= 15 is 0 Å². The molecule has 0 unspecified atom stereocenters. The minimum absolute atomic E-state index is 0.246. The number of nitrogens with zero attached hydrogens (tertiary/aromatic N) is 4. The number of nitrogens with one attached hydrogen (secondary N) is 1. The van der Waals surface area contributed by atoms with Gasteiger partial charge in [0, 0.05) is 12.1 Å². The molecule has 0 aliphatic rings. The van der Waals surface area contributed by atoms with Gasteiger partial charge in [-0.1, -0.05) is 0 Å². The summed E-state index contributed by atoms with van der Waals surface area (Å²) in [5, 5.41) is 8.14. The molecule has 7 nitrogen and oxygen atoms in total. The largest absolute Gasteiger partial charge is 0.494 e. The van der Waals surface area contributed by atoms with E-state index in [1.165, 1.54) is 0 Å². The van der Waals surface area contributed by atoms with Gasteiger partial charge in [0.25, 0.3) is 5.91 Å². The van der Waals surface area contributed by atoms with Crippen LogP contribution in [0.25, 0.3) is 15.9 Å². The zero-order valence-corrected chi connectivity index (χ0v) is 15.6. The molecule has 0 saturated heterocycles. The van der Waals surface area contributed by atoms with Crippen LogP contribution in [0.2, 0.25) is 0 Å². The van der Waals surface area contributed by atoms with Crippen LogP contribution in [0.5, 0.6) is 5.75 Å². The summed E-state index contributed by atoms with van der Waals surface area (Å²) in [4.78, 5) is 21.9. The van der Waals surface area contributed by atoms with Crippen LogP contribution in [0.1, 0.15) is 26.8 Å². The third kappa shape index (κ3) is 2.59. The number of methoxy groups -OCH3 is 1. The Hall–Kier alpha value is -3.00. The zero-order valence-electron chi connectivity index (χ0n) is 14.8. The van der Waals surface area contributed by atoms with Crippen molar-refractivity contribution in [3.05, 3.63) is 46.4 Å². The van der Waals surface area contributed by atoms with E-state index in [1.54, 1.807) is 29.2 Å². The fourth-order valence-electron chi connectivity index (χ4n) is 3.08. The minimum atomic E-state index is -0.246. The van der Waals surface area contributed by atoms with E-state index in [9.17, 15) is 4.79 Å². The minimum Gasteiger partial charge on any atom is -0.494 e. The van der Waals surface area contributed by atoms with Gasteiger partial charge >= 0.3 is 0 Å². The van der Waals surface area contributed by atoms with E-state index in [0.717, 1.165) is 26.6 Å². The molecule has 0 saturated carbocycles. The van der Waals surface area contributed by atoms with Crippen molar-refractivity contribution in [2.24, 2.45) is 0 Å². The number of benzene rings is 1. The number of hydrogen-bond acceptors (Lipinski definition) is 6. The molecule has 4 rings (SSSR count). The van der Waals surface area contributed by atoms with Gasteiger partial charge in [-0.15, -0.1) is 11.3 Å². The molecule has 1 N–H and O–H groups in total. The second-order valence-corrected chi connectivity index (χ2v) is 7.20. The van der Waals surface area contributed by atoms with Crippen LogP contribution in [-0.2, 0) is 0 Å². The summed E-state index contributed by atoms with van der Waals surface area (Å²) in [5.74, 6) is 0.323. The standard InChI is InChI=1S/C18H17N5O2S/c1-9-17(10(2)23-16(20-9)5-6-19-23)18(24)22-12-8-15-13(7-14(12)25-4)21-11(3)26-15/h5-8H,1-4H3,(H,22,24). The Kier molecular flexibility index (Phi) is 3.84. The fraction of sp³-hybridized carbons (Fsp3) is 0.222. The molecule has 8 heteroatoms. The van der Waals surface area contributed by atoms with Gasteiger partial charge in [-0.3, -0.25) is 4.79 Å². The molecule has 4 aromatic rings. The number of amides is 1. The van der Waals surface area contributed by atoms with Crippen molar-refractivity contribution in [2.45, 2.75) is 20.8 Å². The molecule has 1 aromatic carbocycles. The highest BCUT2D eigenvalue weighted by Gasteiger charge is 2.19. The van der Waals surface area contributed by atoms with Crippen LogP contribution in [0.15, 0.2) is 24.4 Å². The number of hydrogen-bond donors (Lipinski definition) is 1. The Morgan fingerprint density at radius 2 is 2.04 bits per heavy atom. The Morgan fingerprint density at radius 3 is 2.81 bits per heavy atom. The van der Waals surface area contributed by atoms with Crippen molar-refractivity contribution in [1.82, 2.24) is 19.6 Å². The predicted molar refractivity (Wildman–Crippen MR) is 101 cm³/mol. The van der Waals surface area contributed by atoms with Crippen molar-refractivity contribution < 1.29 is 9.53 Å². The summed E-state index contributed by atoms with van der Waals surface area (Å²) in [5.41, 5.74) is 4.08. The molecule has 26 heavy (non-hydrogen) atoms. The maximum atomic E-state index is 13.0. The highest BCUT2D eigenvalue weighted by molar-refractivity contribution is 7.18. The Morgan fingerprint density at radius 1 is 1.23 bits per heavy atom. The molecule has 0 spiro atoms. The lowest BCUT2D eigenvalue weighted by Crippen LogP contribution is -2.18. The number of anilines is 1. The van der Waals surface area contributed by atoms with Crippen molar-refractivity contribution in [2.75, 3.05) is 12.4 Å². The number of rotatable bonds is 3. The summed E-state index contributed by atoms with van der Waals surface area (Å²) in [6, 6.07) is 5.54. The van der Waals surface area contributed by atoms with Crippen LogP contribution in [0.3, 0.4) is 0 Å². The maximum Gasteiger partial charge on any atom is 0.259 e. The molecule has 3 heterocycles. The molecule has 132 valence electrons. The van der Waals surface area contributed by atoms with Gasteiger partial charge in [0.15, 0.2) is 5.65 Å². The van der Waals surface area contributed by atoms with E-state index in [4.69, 9.17) is 4.74 Å². The SMILES string of the molecule is COc1cc2nc(C)sc2cc1NC(=O)c1c(C)nc2ccnn2c1C. The molecule has 0 bridgehead atoms. The van der Waals surface area contributed by atoms with E-state index in [2.05, 4.69) is 20.4 Å². The average Bonchev–Trinajstić information content (AvgIpc) is 3.19. The summed E-state index contributed by atoms with van der Waals surface area (Å²) >= 11 is 1.57. The number of carbonyl (C=O) groups excluding carboxylic acids is 1. The van der Waals surface area contributed by atoms with Crippen molar-refractivity contribution in [1.29, 1.82) is 0 Å². The number of aromatic nitrogens is 4. The quantitative estimate of drug-likeness (QED) is 0.599. The summed E-state index contributed by atoms with van der Waals surface area (Å²) in [7, 11) is 1.57. The number of aryl methyl sites for hydroxylation is 3. The summed E-state index contributed by atoms with van der Waals surface area (Å²) in [6.45, 7) is 5.63. The van der Waals surface area contributed by atoms with Gasteiger partial charge < -0.3 is 10.1 Å². The number of fused-ring (bicyclic) bond motifs is 2. The van der Waals surface area contributed by atoms with Crippen LogP contribution in [0, 0.1) is 20.8 Å². The van der Waals surface area contributed by atoms with Gasteiger partial charge in [-0.25, -0.2) is 14.5 Å². The van der Waals surface area contributed by atoms with Crippen molar-refractivity contribution in [3.8, 4) is 5.75 Å². The first-order chi connectivity index (χ1) is 12.5. The molecular formula is C18H17N5O2S. The second kappa shape index (κ2) is 6.06. The molecule has 0 aliphatic carbocycles. The molecule has 1 amide bonds. The lowest BCUT2D eigenvalue weighted by molar-refractivity contribution is 0.102. The van der Waals surface area contributed by atoms with E-state index in [0.29, 0.717) is 22.7 Å². The number of ether oxygens (including phenoxy) is 1. The second-order valence-electron chi connectivity index (χ2n) is 5.97. The first kappa shape index (κ1) is 16.5. The van der Waals surface area contributed by atoms with Crippen LogP contribution >= 0.6 is 11.3 Å². The fourth-order valence-corrected chi connectivity index (χ4v) is 3.93. The maximum absolute atomic E-state index is 13.0. The molecule has 0 atom stereocenters. The highest BCUT2D eigenvalue weighted by atomic mass is 32.1. The monoisotopic (exact) mass is 367 g/mol. The van der Waals surface area contributed by atoms with Gasteiger partial charge in [-0.05, 0) is 26.8 Å². The van der Waals surface area contributed by atoms with Crippen molar-refractivity contribution in [3.63, 3.8) is 0 Å². The topological polar surface area (TPSA) is 81.4 Å². The molecular weight excluding hydrogens is 350 g/mol. The molecule has 0 aliphatic heterocycles. The van der Waals surface area contributed by atoms with Crippen LogP contribution in [-0.4, -0.2) is 32.6 Å². The van der Waals surface area contributed by atoms with Crippen LogP contribution in [0.4, 0.5) is 5.69 Å². The van der Waals surface area contributed by atoms with Gasteiger partial charge in [0.05, 0.1) is 51.2 Å². The predicted octanol–water partition coefficient (Wildman–Crippen LogP) is 3.53. The van der Waals surface area contributed by atoms with Gasteiger partial charge in [0.1, 0.15) is 5.75 Å². The zero-order chi connectivity index (χ0) is 18.4. The summed E-state index contributed by atoms with van der Waals surface area (Å²) in [6.07, 6.45) is 1.67. The highest BCUT2D eigenvalue weighted by Crippen LogP contribution is 2.33. The lowest BCUT2D eigenvalue weighted by atomic mass is 10.1. The number of thiazole rings is 1. The Balaban J connectivity index is 1.78. The lowest BCUT2D eigenvalue weighted by Gasteiger charge is -2.13. The van der Waals surface area contributed by atoms with Crippen molar-refractivity contribution >= 4 is 38.8 Å². The Bertz CT molecular complexity index is 1160. The third-order valence-electron chi connectivity index (χ3n) is 4.24. The summed E-state index contributed by atoms with van der Waals surface area (Å²) < 4.78 is 8.09. The van der Waals surface area contributed by atoms with E-state index in [-0.39, 0.29) is 5.91 Å². The first-order valence-corrected chi connectivity index (χ1v) is 8.87. The van der Waals surface area contributed by atoms with Gasteiger partial charge in [-0.2, -0.15) is 5.10 Å². The molecule has 3 aromatic heterocycles. The van der Waals surface area contributed by atoms with E-state index in [1.807, 2.05) is 39.0 Å². The normalized spacial score (nSPS) is 11.2.